The van der Waals surface area contributed by atoms with Crippen LogP contribution in [-0.4, -0.2) is 44.5 Å². The molecule has 0 aliphatic carbocycles. The van der Waals surface area contributed by atoms with Crippen LogP contribution >= 0.6 is 12.4 Å². The predicted octanol–water partition coefficient (Wildman–Crippen LogP) is -0.565. The molecule has 5 heteroatoms. The van der Waals surface area contributed by atoms with E-state index in [1.165, 1.54) is 0 Å². The van der Waals surface area contributed by atoms with Gasteiger partial charge < -0.3 is 16.0 Å². The summed E-state index contributed by atoms with van der Waals surface area (Å²) in [5.41, 5.74) is 4.92. The van der Waals surface area contributed by atoms with Crippen LogP contribution in [0.25, 0.3) is 0 Å². The van der Waals surface area contributed by atoms with E-state index in [1.54, 1.807) is 0 Å². The second kappa shape index (κ2) is 8.77. The molecule has 0 aromatic carbocycles. The molecule has 0 aliphatic heterocycles. The van der Waals surface area contributed by atoms with Crippen LogP contribution in [0.4, 0.5) is 0 Å². The van der Waals surface area contributed by atoms with Gasteiger partial charge in [-0.3, -0.25) is 4.79 Å². The van der Waals surface area contributed by atoms with Crippen LogP contribution in [-0.2, 0) is 4.79 Å². The largest absolute Gasteiger partial charge is 0.369 e. The van der Waals surface area contributed by atoms with Crippen molar-refractivity contribution < 1.29 is 4.79 Å². The maximum Gasteiger partial charge on any atom is 0.231 e. The Bertz CT molecular complexity index is 119. The first-order valence-electron chi connectivity index (χ1n) is 3.76. The van der Waals surface area contributed by atoms with Crippen molar-refractivity contribution in [3.8, 4) is 0 Å². The quantitative estimate of drug-likeness (QED) is 0.559. The van der Waals surface area contributed by atoms with Gasteiger partial charge in [0.2, 0.25) is 5.91 Å². The first-order valence-corrected chi connectivity index (χ1v) is 3.76. The Morgan fingerprint density at radius 3 is 2.50 bits per heavy atom. The highest BCUT2D eigenvalue weighted by molar-refractivity contribution is 5.85. The normalized spacial score (nSPS) is 9.58. The van der Waals surface area contributed by atoms with Gasteiger partial charge in [-0.15, -0.1) is 12.4 Å². The van der Waals surface area contributed by atoms with Crippen molar-refractivity contribution in [2.75, 3.05) is 33.7 Å². The smallest absolute Gasteiger partial charge is 0.231 e. The fourth-order valence-electron chi connectivity index (χ4n) is 0.732. The van der Waals surface area contributed by atoms with Crippen LogP contribution < -0.4 is 11.1 Å². The lowest BCUT2D eigenvalue weighted by Gasteiger charge is -2.08. The van der Waals surface area contributed by atoms with Crippen LogP contribution in [0.1, 0.15) is 6.42 Å². The molecular formula is C7H18ClN3O. The van der Waals surface area contributed by atoms with E-state index in [0.29, 0.717) is 0 Å². The van der Waals surface area contributed by atoms with Gasteiger partial charge in [0.15, 0.2) is 0 Å². The summed E-state index contributed by atoms with van der Waals surface area (Å²) in [6.45, 7) is 2.17. The molecule has 0 saturated heterocycles. The van der Waals surface area contributed by atoms with Gasteiger partial charge in [0.25, 0.3) is 0 Å². The molecule has 4 nitrogen and oxygen atoms in total. The van der Waals surface area contributed by atoms with E-state index in [0.717, 1.165) is 19.5 Å². The first kappa shape index (κ1) is 14.2. The Balaban J connectivity index is 0. The lowest BCUT2D eigenvalue weighted by molar-refractivity contribution is -0.117. The third-order valence-corrected chi connectivity index (χ3v) is 1.26. The molecule has 0 saturated carbocycles. The average molecular weight is 196 g/mol. The lowest BCUT2D eigenvalue weighted by Crippen LogP contribution is -2.30. The van der Waals surface area contributed by atoms with Crippen LogP contribution in [0.3, 0.4) is 0 Å². The van der Waals surface area contributed by atoms with Crippen molar-refractivity contribution in [2.45, 2.75) is 6.42 Å². The van der Waals surface area contributed by atoms with E-state index in [1.807, 2.05) is 14.1 Å². The topological polar surface area (TPSA) is 58.4 Å². The molecule has 1 amide bonds. The zero-order valence-corrected chi connectivity index (χ0v) is 8.49. The number of nitrogens with zero attached hydrogens (tertiary/aromatic N) is 1. The van der Waals surface area contributed by atoms with E-state index in [-0.39, 0.29) is 24.9 Å². The number of hydrogen-bond donors (Lipinski definition) is 2. The van der Waals surface area contributed by atoms with Crippen molar-refractivity contribution in [1.82, 2.24) is 10.2 Å². The second-order valence-electron chi connectivity index (χ2n) is 2.80. The van der Waals surface area contributed by atoms with E-state index < -0.39 is 0 Å². The molecule has 0 aromatic rings. The maximum atomic E-state index is 10.2. The monoisotopic (exact) mass is 195 g/mol. The van der Waals surface area contributed by atoms with Gasteiger partial charge in [0.1, 0.15) is 0 Å². The van der Waals surface area contributed by atoms with E-state index in [4.69, 9.17) is 5.73 Å². The van der Waals surface area contributed by atoms with Crippen molar-refractivity contribution in [3.05, 3.63) is 0 Å². The van der Waals surface area contributed by atoms with Crippen LogP contribution in [0, 0.1) is 0 Å². The predicted molar refractivity (Wildman–Crippen MR) is 52.5 cm³/mol. The zero-order valence-electron chi connectivity index (χ0n) is 7.67. The summed E-state index contributed by atoms with van der Waals surface area (Å²) < 4.78 is 0. The van der Waals surface area contributed by atoms with Crippen LogP contribution in [0.15, 0.2) is 0 Å². The fraction of sp³-hybridized carbons (Fsp3) is 0.857. The lowest BCUT2D eigenvalue weighted by atomic mass is 10.4. The Morgan fingerprint density at radius 2 is 2.08 bits per heavy atom. The summed E-state index contributed by atoms with van der Waals surface area (Å²) in [6.07, 6.45) is 1.04. The molecule has 0 rings (SSSR count). The van der Waals surface area contributed by atoms with Gasteiger partial charge in [-0.1, -0.05) is 0 Å². The minimum Gasteiger partial charge on any atom is -0.369 e. The summed E-state index contributed by atoms with van der Waals surface area (Å²) in [6, 6.07) is 0. The van der Waals surface area contributed by atoms with Gasteiger partial charge in [0, 0.05) is 0 Å². The molecule has 0 fully saturated rings. The Hall–Kier alpha value is -0.320. The average Bonchev–Trinajstić information content (AvgIpc) is 1.85. The van der Waals surface area contributed by atoms with E-state index in [2.05, 4.69) is 10.2 Å². The van der Waals surface area contributed by atoms with Crippen LogP contribution in [0.5, 0.6) is 0 Å². The van der Waals surface area contributed by atoms with Gasteiger partial charge >= 0.3 is 0 Å². The number of nitrogens with one attached hydrogen (secondary N) is 1. The number of halogens is 1. The number of carbonyl (C=O) groups excluding carboxylic acids is 1. The Morgan fingerprint density at radius 1 is 1.50 bits per heavy atom. The molecule has 0 heterocycles. The van der Waals surface area contributed by atoms with Gasteiger partial charge in [-0.25, -0.2) is 0 Å². The summed E-state index contributed by atoms with van der Waals surface area (Å²) in [4.78, 5) is 12.3. The fourth-order valence-corrected chi connectivity index (χ4v) is 0.732. The van der Waals surface area contributed by atoms with Gasteiger partial charge in [0.05, 0.1) is 6.54 Å². The summed E-state index contributed by atoms with van der Waals surface area (Å²) >= 11 is 0. The van der Waals surface area contributed by atoms with Crippen LogP contribution in [0.2, 0.25) is 0 Å². The van der Waals surface area contributed by atoms with Crippen molar-refractivity contribution in [2.24, 2.45) is 5.73 Å². The molecule has 0 unspecified atom stereocenters. The highest BCUT2D eigenvalue weighted by Crippen LogP contribution is 1.79. The maximum absolute atomic E-state index is 10.2. The third kappa shape index (κ3) is 12.4. The number of hydrogen-bond acceptors (Lipinski definition) is 3. The number of carbonyl (C=O) groups is 1. The molecular weight excluding hydrogens is 178 g/mol. The molecule has 0 atom stereocenters. The SMILES string of the molecule is CN(C)CCCNCC(N)=O.Cl. The summed E-state index contributed by atoms with van der Waals surface area (Å²) in [5, 5.41) is 2.94. The molecule has 0 aliphatic rings. The number of rotatable bonds is 6. The molecule has 0 bridgehead atoms. The molecule has 12 heavy (non-hydrogen) atoms. The molecule has 0 spiro atoms. The third-order valence-electron chi connectivity index (χ3n) is 1.26. The first-order chi connectivity index (χ1) is 5.13. The van der Waals surface area contributed by atoms with Crippen molar-refractivity contribution >= 4 is 18.3 Å². The molecule has 74 valence electrons. The highest BCUT2D eigenvalue weighted by atomic mass is 35.5. The highest BCUT2D eigenvalue weighted by Gasteiger charge is 1.92. The molecule has 0 radical (unpaired) electrons. The summed E-state index contributed by atoms with van der Waals surface area (Å²) in [5.74, 6) is -0.296. The van der Waals surface area contributed by atoms with E-state index in [9.17, 15) is 4.79 Å². The minimum absolute atomic E-state index is 0. The number of amides is 1. The standard InChI is InChI=1S/C7H17N3O.ClH/c1-10(2)5-3-4-9-6-7(8)11;/h9H,3-6H2,1-2H3,(H2,8,11);1H. The Labute approximate surface area is 79.9 Å². The van der Waals surface area contributed by atoms with Crippen molar-refractivity contribution in [3.63, 3.8) is 0 Å². The van der Waals surface area contributed by atoms with Gasteiger partial charge in [-0.05, 0) is 33.6 Å². The summed E-state index contributed by atoms with van der Waals surface area (Å²) in [7, 11) is 4.04. The van der Waals surface area contributed by atoms with Crippen molar-refractivity contribution in [1.29, 1.82) is 0 Å². The number of nitrogens with two attached hydrogens (primary N) is 1. The number of primary amides is 1. The zero-order chi connectivity index (χ0) is 8.69. The Kier molecular flexibility index (Phi) is 10.4. The van der Waals surface area contributed by atoms with E-state index >= 15 is 0 Å². The van der Waals surface area contributed by atoms with Gasteiger partial charge in [-0.2, -0.15) is 0 Å². The minimum atomic E-state index is -0.296. The second-order valence-corrected chi connectivity index (χ2v) is 2.80. The molecule has 3 N–H and O–H groups in total. The molecule has 0 aromatic heterocycles.